The van der Waals surface area contributed by atoms with Gasteiger partial charge in [0.1, 0.15) is 5.00 Å². The molecule has 0 bridgehead atoms. The van der Waals surface area contributed by atoms with Crippen molar-refractivity contribution in [1.82, 2.24) is 10.1 Å². The molecule has 1 aromatic carbocycles. The lowest BCUT2D eigenvalue weighted by Crippen LogP contribution is -2.30. The number of aryl methyl sites for hydroxylation is 1. The lowest BCUT2D eigenvalue weighted by atomic mass is 10.2. The SMILES string of the molecule is C[C@H](OC(=O)CCc1nc(-c2ccccc2)no1)C(=O)Nc1sccc1C(N)=O. The Bertz CT molecular complexity index is 1010. The van der Waals surface area contributed by atoms with Crippen LogP contribution in [0, 0.1) is 0 Å². The van der Waals surface area contributed by atoms with E-state index in [-0.39, 0.29) is 18.4 Å². The second-order valence-electron chi connectivity index (χ2n) is 6.03. The molecule has 10 heteroatoms. The van der Waals surface area contributed by atoms with Gasteiger partial charge in [-0.15, -0.1) is 11.3 Å². The molecule has 0 aliphatic heterocycles. The molecular formula is C19H18N4O5S. The Morgan fingerprint density at radius 1 is 1.24 bits per heavy atom. The van der Waals surface area contributed by atoms with E-state index in [1.54, 1.807) is 5.38 Å². The Morgan fingerprint density at radius 2 is 2.00 bits per heavy atom. The van der Waals surface area contributed by atoms with Crippen LogP contribution in [0.1, 0.15) is 29.6 Å². The molecule has 150 valence electrons. The fourth-order valence-corrected chi connectivity index (χ4v) is 3.19. The summed E-state index contributed by atoms with van der Waals surface area (Å²) in [5.74, 6) is -1.08. The van der Waals surface area contributed by atoms with E-state index in [1.807, 2.05) is 30.3 Å². The van der Waals surface area contributed by atoms with E-state index in [0.717, 1.165) is 16.9 Å². The Kier molecular flexibility index (Phi) is 6.35. The maximum Gasteiger partial charge on any atom is 0.307 e. The largest absolute Gasteiger partial charge is 0.453 e. The molecule has 3 rings (SSSR count). The molecule has 0 aliphatic rings. The topological polar surface area (TPSA) is 137 Å². The van der Waals surface area contributed by atoms with Gasteiger partial charge in [0, 0.05) is 12.0 Å². The zero-order valence-corrected chi connectivity index (χ0v) is 16.3. The van der Waals surface area contributed by atoms with Crippen LogP contribution in [0.25, 0.3) is 11.4 Å². The molecule has 3 aromatic rings. The highest BCUT2D eigenvalue weighted by Crippen LogP contribution is 2.23. The highest BCUT2D eigenvalue weighted by molar-refractivity contribution is 7.14. The number of ether oxygens (including phenoxy) is 1. The molecule has 0 fully saturated rings. The van der Waals surface area contributed by atoms with Gasteiger partial charge in [-0.2, -0.15) is 4.98 Å². The van der Waals surface area contributed by atoms with Crippen LogP contribution in [0.15, 0.2) is 46.3 Å². The van der Waals surface area contributed by atoms with Crippen LogP contribution in [-0.4, -0.2) is 34.0 Å². The van der Waals surface area contributed by atoms with E-state index >= 15 is 0 Å². The van der Waals surface area contributed by atoms with Crippen molar-refractivity contribution >= 4 is 34.1 Å². The van der Waals surface area contributed by atoms with Gasteiger partial charge in [0.05, 0.1) is 12.0 Å². The summed E-state index contributed by atoms with van der Waals surface area (Å²) in [7, 11) is 0. The van der Waals surface area contributed by atoms with Crippen molar-refractivity contribution < 1.29 is 23.6 Å². The Balaban J connectivity index is 1.49. The minimum absolute atomic E-state index is 0.0282. The molecule has 0 radical (unpaired) electrons. The predicted molar refractivity (Wildman–Crippen MR) is 105 cm³/mol. The zero-order chi connectivity index (χ0) is 20.8. The molecule has 2 amide bonds. The first-order valence-electron chi connectivity index (χ1n) is 8.69. The van der Waals surface area contributed by atoms with E-state index in [1.165, 1.54) is 13.0 Å². The fraction of sp³-hybridized carbons (Fsp3) is 0.211. The molecule has 2 heterocycles. The van der Waals surface area contributed by atoms with Crippen LogP contribution in [0.4, 0.5) is 5.00 Å². The van der Waals surface area contributed by atoms with Crippen LogP contribution < -0.4 is 11.1 Å². The number of nitrogens with two attached hydrogens (primary N) is 1. The smallest absolute Gasteiger partial charge is 0.307 e. The monoisotopic (exact) mass is 414 g/mol. The number of esters is 1. The van der Waals surface area contributed by atoms with Gasteiger partial charge in [0.15, 0.2) is 6.10 Å². The molecule has 0 saturated carbocycles. The van der Waals surface area contributed by atoms with Crippen molar-refractivity contribution in [2.75, 3.05) is 5.32 Å². The molecule has 0 unspecified atom stereocenters. The van der Waals surface area contributed by atoms with Crippen molar-refractivity contribution in [3.8, 4) is 11.4 Å². The highest BCUT2D eigenvalue weighted by atomic mass is 32.1. The normalized spacial score (nSPS) is 11.6. The second-order valence-corrected chi connectivity index (χ2v) is 6.94. The van der Waals surface area contributed by atoms with Gasteiger partial charge in [-0.1, -0.05) is 35.5 Å². The van der Waals surface area contributed by atoms with E-state index < -0.39 is 23.9 Å². The number of amides is 2. The Labute approximate surface area is 169 Å². The van der Waals surface area contributed by atoms with E-state index in [0.29, 0.717) is 16.7 Å². The number of nitrogens with zero attached hydrogens (tertiary/aromatic N) is 2. The zero-order valence-electron chi connectivity index (χ0n) is 15.5. The average Bonchev–Trinajstić information content (AvgIpc) is 3.36. The number of rotatable bonds is 8. The summed E-state index contributed by atoms with van der Waals surface area (Å²) in [6.45, 7) is 1.44. The molecular weight excluding hydrogens is 396 g/mol. The first kappa shape index (κ1) is 20.2. The van der Waals surface area contributed by atoms with Gasteiger partial charge < -0.3 is 20.3 Å². The predicted octanol–water partition coefficient (Wildman–Crippen LogP) is 2.40. The lowest BCUT2D eigenvalue weighted by molar-refractivity contribution is -0.153. The second kappa shape index (κ2) is 9.11. The summed E-state index contributed by atoms with van der Waals surface area (Å²) in [4.78, 5) is 39.7. The van der Waals surface area contributed by atoms with Crippen LogP contribution in [0.2, 0.25) is 0 Å². The Morgan fingerprint density at radius 3 is 2.72 bits per heavy atom. The summed E-state index contributed by atoms with van der Waals surface area (Å²) in [6, 6.07) is 10.8. The summed E-state index contributed by atoms with van der Waals surface area (Å²) >= 11 is 1.15. The molecule has 0 spiro atoms. The van der Waals surface area contributed by atoms with E-state index in [9.17, 15) is 14.4 Å². The van der Waals surface area contributed by atoms with Gasteiger partial charge in [-0.3, -0.25) is 14.4 Å². The molecule has 0 aliphatic carbocycles. The highest BCUT2D eigenvalue weighted by Gasteiger charge is 2.21. The minimum Gasteiger partial charge on any atom is -0.453 e. The third-order valence-corrected chi connectivity index (χ3v) is 4.72. The third-order valence-electron chi connectivity index (χ3n) is 3.89. The molecule has 1 atom stereocenters. The van der Waals surface area contributed by atoms with Gasteiger partial charge >= 0.3 is 5.97 Å². The van der Waals surface area contributed by atoms with Gasteiger partial charge in [-0.05, 0) is 18.4 Å². The van der Waals surface area contributed by atoms with Crippen LogP contribution in [-0.2, 0) is 20.7 Å². The summed E-state index contributed by atoms with van der Waals surface area (Å²) in [5.41, 5.74) is 6.24. The molecule has 2 aromatic heterocycles. The number of nitrogens with one attached hydrogen (secondary N) is 1. The summed E-state index contributed by atoms with van der Waals surface area (Å²) < 4.78 is 10.3. The van der Waals surface area contributed by atoms with Crippen LogP contribution in [0.5, 0.6) is 0 Å². The number of hydrogen-bond donors (Lipinski definition) is 2. The fourth-order valence-electron chi connectivity index (χ4n) is 2.39. The van der Waals surface area contributed by atoms with Gasteiger partial charge in [-0.25, -0.2) is 0 Å². The van der Waals surface area contributed by atoms with Crippen molar-refractivity contribution in [1.29, 1.82) is 0 Å². The standard InChI is InChI=1S/C19H18N4O5S/c1-11(18(26)22-19-13(16(20)25)9-10-29-19)27-15(24)8-7-14-21-17(23-28-14)12-5-3-2-4-6-12/h2-6,9-11H,7-8H2,1H3,(H2,20,25)(H,22,26)/t11-/m0/s1. The number of aromatic nitrogens is 2. The molecule has 29 heavy (non-hydrogen) atoms. The number of thiophene rings is 1. The molecule has 0 saturated heterocycles. The first-order valence-corrected chi connectivity index (χ1v) is 9.57. The van der Waals surface area contributed by atoms with Crippen molar-refractivity contribution in [2.45, 2.75) is 25.9 Å². The average molecular weight is 414 g/mol. The van der Waals surface area contributed by atoms with E-state index in [4.69, 9.17) is 15.0 Å². The maximum atomic E-state index is 12.2. The summed E-state index contributed by atoms with van der Waals surface area (Å²) in [5, 5.41) is 8.35. The number of hydrogen-bond acceptors (Lipinski definition) is 8. The minimum atomic E-state index is -1.05. The van der Waals surface area contributed by atoms with Gasteiger partial charge in [0.2, 0.25) is 11.7 Å². The molecule has 3 N–H and O–H groups in total. The van der Waals surface area contributed by atoms with Crippen LogP contribution >= 0.6 is 11.3 Å². The number of carbonyl (C=O) groups is 3. The van der Waals surface area contributed by atoms with Crippen molar-refractivity contribution in [3.63, 3.8) is 0 Å². The Hall–Kier alpha value is -3.53. The first-order chi connectivity index (χ1) is 13.9. The number of benzene rings is 1. The lowest BCUT2D eigenvalue weighted by Gasteiger charge is -2.13. The van der Waals surface area contributed by atoms with Crippen molar-refractivity contribution in [3.05, 3.63) is 53.2 Å². The van der Waals surface area contributed by atoms with E-state index in [2.05, 4.69) is 15.5 Å². The summed E-state index contributed by atoms with van der Waals surface area (Å²) in [6.07, 6.45) is -0.892. The van der Waals surface area contributed by atoms with Crippen LogP contribution in [0.3, 0.4) is 0 Å². The van der Waals surface area contributed by atoms with Gasteiger partial charge in [0.25, 0.3) is 11.8 Å². The molecule has 9 nitrogen and oxygen atoms in total. The number of carbonyl (C=O) groups excluding carboxylic acids is 3. The number of anilines is 1. The number of primary amides is 1. The maximum absolute atomic E-state index is 12.2. The quantitative estimate of drug-likeness (QED) is 0.540. The third kappa shape index (κ3) is 5.26. The van der Waals surface area contributed by atoms with Crippen molar-refractivity contribution in [2.24, 2.45) is 5.73 Å².